The lowest BCUT2D eigenvalue weighted by Gasteiger charge is -2.61. The summed E-state index contributed by atoms with van der Waals surface area (Å²) < 4.78 is 26.7. The molecule has 236 valence electrons. The van der Waals surface area contributed by atoms with Crippen LogP contribution in [0.25, 0.3) is 10.9 Å². The van der Waals surface area contributed by atoms with Gasteiger partial charge in [0.1, 0.15) is 18.2 Å². The van der Waals surface area contributed by atoms with Gasteiger partial charge in [-0.3, -0.25) is 9.36 Å². The van der Waals surface area contributed by atoms with E-state index >= 15 is 0 Å². The number of benzene rings is 2. The van der Waals surface area contributed by atoms with Crippen molar-refractivity contribution in [2.75, 3.05) is 25.5 Å². The first-order valence-electron chi connectivity index (χ1n) is 15.8. The summed E-state index contributed by atoms with van der Waals surface area (Å²) in [6.07, 6.45) is 2.42. The van der Waals surface area contributed by atoms with Gasteiger partial charge in [0.15, 0.2) is 17.5 Å². The number of piperazine rings is 1. The average molecular weight is 605 g/mol. The first-order valence-corrected chi connectivity index (χ1v) is 15.8. The SMILES string of the molecule is COc1ccc(OCc2nc3cc(NC(=NC4CC5CC(C4C)C5(C)C)N4CC(C)NC(C)C4)ccc3c(=O)n2C)c(F)c1. The maximum Gasteiger partial charge on any atom is 0.261 e. The summed E-state index contributed by atoms with van der Waals surface area (Å²) in [5.41, 5.74) is 1.57. The molecule has 3 aromatic rings. The van der Waals surface area contributed by atoms with E-state index in [1.54, 1.807) is 13.1 Å². The van der Waals surface area contributed by atoms with E-state index in [2.05, 4.69) is 50.2 Å². The summed E-state index contributed by atoms with van der Waals surface area (Å²) in [6, 6.07) is 10.9. The Labute approximate surface area is 258 Å². The average Bonchev–Trinajstić information content (AvgIpc) is 2.98. The molecule has 1 aromatic heterocycles. The molecular formula is C34H45FN6O3. The molecule has 0 amide bonds. The number of halogens is 1. The zero-order valence-corrected chi connectivity index (χ0v) is 26.9. The minimum Gasteiger partial charge on any atom is -0.497 e. The van der Waals surface area contributed by atoms with Gasteiger partial charge in [0.2, 0.25) is 0 Å². The zero-order chi connectivity index (χ0) is 31.3. The molecule has 6 unspecified atom stereocenters. The van der Waals surface area contributed by atoms with Crippen molar-refractivity contribution in [3.63, 3.8) is 0 Å². The van der Waals surface area contributed by atoms with Crippen LogP contribution in [0.4, 0.5) is 10.1 Å². The molecular weight excluding hydrogens is 559 g/mol. The van der Waals surface area contributed by atoms with Crippen molar-refractivity contribution in [2.45, 2.75) is 72.2 Å². The molecule has 1 saturated heterocycles. The van der Waals surface area contributed by atoms with E-state index in [1.165, 1.54) is 30.2 Å². The van der Waals surface area contributed by atoms with E-state index in [0.29, 0.717) is 57.7 Å². The number of aromatic nitrogens is 2. The van der Waals surface area contributed by atoms with Gasteiger partial charge in [-0.15, -0.1) is 0 Å². The number of nitrogens with zero attached hydrogens (tertiary/aromatic N) is 4. The quantitative estimate of drug-likeness (QED) is 0.296. The smallest absolute Gasteiger partial charge is 0.261 e. The third kappa shape index (κ3) is 5.64. The number of methoxy groups -OCH3 is 1. The number of anilines is 1. The lowest BCUT2D eigenvalue weighted by atomic mass is 9.45. The van der Waals surface area contributed by atoms with E-state index in [1.807, 2.05) is 18.2 Å². The van der Waals surface area contributed by atoms with Crippen LogP contribution in [0.1, 0.15) is 53.3 Å². The molecule has 0 spiro atoms. The number of hydrogen-bond donors (Lipinski definition) is 2. The highest BCUT2D eigenvalue weighted by molar-refractivity contribution is 5.96. The molecule has 9 nitrogen and oxygen atoms in total. The third-order valence-corrected chi connectivity index (χ3v) is 10.4. The second kappa shape index (κ2) is 11.7. The number of guanidine groups is 1. The number of aliphatic imine (C=N–C) groups is 1. The van der Waals surface area contributed by atoms with E-state index in [4.69, 9.17) is 19.5 Å². The van der Waals surface area contributed by atoms with Crippen LogP contribution < -0.4 is 25.7 Å². The monoisotopic (exact) mass is 604 g/mol. The second-order valence-electron chi connectivity index (χ2n) is 13.7. The topological polar surface area (TPSA) is 93.0 Å². The lowest BCUT2D eigenvalue weighted by Crippen LogP contribution is -2.59. The molecule has 3 saturated carbocycles. The first-order chi connectivity index (χ1) is 20.9. The van der Waals surface area contributed by atoms with Crippen LogP contribution in [0.15, 0.2) is 46.2 Å². The number of ether oxygens (including phenoxy) is 2. The minimum atomic E-state index is -0.543. The van der Waals surface area contributed by atoms with Crippen LogP contribution in [-0.2, 0) is 13.7 Å². The van der Waals surface area contributed by atoms with Gasteiger partial charge in [0, 0.05) is 44.0 Å². The standard InChI is InChI=1S/C34H45FN6O3/c1-19-16-41(17-20(2)36-19)33(39-28-13-22-12-26(21(28)3)34(22,4)5)37-23-8-10-25-29(14-23)38-31(40(6)32(25)42)18-44-30-11-9-24(43-7)15-27(30)35/h8-11,14-15,19-22,26,28,36H,12-13,16-18H2,1-7H3,(H,37,39). The summed E-state index contributed by atoms with van der Waals surface area (Å²) in [5, 5.41) is 7.77. The summed E-state index contributed by atoms with van der Waals surface area (Å²) in [4.78, 5) is 25.8. The van der Waals surface area contributed by atoms with Crippen molar-refractivity contribution in [3.05, 3.63) is 58.4 Å². The Balaban J connectivity index is 1.29. The van der Waals surface area contributed by atoms with E-state index in [9.17, 15) is 9.18 Å². The molecule has 4 fully saturated rings. The molecule has 3 aliphatic carbocycles. The molecule has 2 N–H and O–H groups in total. The summed E-state index contributed by atoms with van der Waals surface area (Å²) in [5.74, 6) is 3.13. The van der Waals surface area contributed by atoms with Crippen LogP contribution in [0, 0.1) is 29.0 Å². The molecule has 2 aromatic carbocycles. The number of rotatable bonds is 6. The van der Waals surface area contributed by atoms with Crippen molar-refractivity contribution in [1.82, 2.24) is 19.8 Å². The van der Waals surface area contributed by atoms with Crippen molar-refractivity contribution in [2.24, 2.45) is 35.2 Å². The lowest BCUT2D eigenvalue weighted by molar-refractivity contribution is -0.108. The molecule has 44 heavy (non-hydrogen) atoms. The highest BCUT2D eigenvalue weighted by atomic mass is 19.1. The van der Waals surface area contributed by atoms with Crippen molar-refractivity contribution >= 4 is 22.5 Å². The molecule has 1 aliphatic heterocycles. The highest BCUT2D eigenvalue weighted by Gasteiger charge is 2.56. The van der Waals surface area contributed by atoms with Crippen LogP contribution in [-0.4, -0.2) is 58.7 Å². The Kier molecular flexibility index (Phi) is 8.07. The van der Waals surface area contributed by atoms with Gasteiger partial charge in [-0.25, -0.2) is 14.4 Å². The van der Waals surface area contributed by atoms with Crippen LogP contribution >= 0.6 is 0 Å². The van der Waals surface area contributed by atoms with Gasteiger partial charge in [0.25, 0.3) is 5.56 Å². The largest absolute Gasteiger partial charge is 0.497 e. The Morgan fingerprint density at radius 3 is 2.55 bits per heavy atom. The molecule has 0 radical (unpaired) electrons. The zero-order valence-electron chi connectivity index (χ0n) is 26.9. The third-order valence-electron chi connectivity index (χ3n) is 10.4. The highest BCUT2D eigenvalue weighted by Crippen LogP contribution is 2.61. The molecule has 6 atom stereocenters. The van der Waals surface area contributed by atoms with Crippen LogP contribution in [0.2, 0.25) is 0 Å². The van der Waals surface area contributed by atoms with E-state index in [-0.39, 0.29) is 24.0 Å². The molecule has 7 rings (SSSR count). The fraction of sp³-hybridized carbons (Fsp3) is 0.559. The fourth-order valence-electron chi connectivity index (χ4n) is 7.66. The second-order valence-corrected chi connectivity index (χ2v) is 13.7. The van der Waals surface area contributed by atoms with E-state index < -0.39 is 5.82 Å². The van der Waals surface area contributed by atoms with Crippen LogP contribution in [0.5, 0.6) is 11.5 Å². The molecule has 10 heteroatoms. The Morgan fingerprint density at radius 1 is 1.14 bits per heavy atom. The predicted octanol–water partition coefficient (Wildman–Crippen LogP) is 5.18. The summed E-state index contributed by atoms with van der Waals surface area (Å²) >= 11 is 0. The maximum atomic E-state index is 14.5. The predicted molar refractivity (Wildman–Crippen MR) is 172 cm³/mol. The van der Waals surface area contributed by atoms with Crippen molar-refractivity contribution in [1.29, 1.82) is 0 Å². The first kappa shape index (κ1) is 30.4. The molecule has 4 aliphatic rings. The summed E-state index contributed by atoms with van der Waals surface area (Å²) in [6.45, 7) is 13.3. The van der Waals surface area contributed by atoms with Crippen LogP contribution in [0.3, 0.4) is 0 Å². The van der Waals surface area contributed by atoms with Gasteiger partial charge in [0.05, 0.1) is 24.1 Å². The number of fused-ring (bicyclic) bond motifs is 3. The minimum absolute atomic E-state index is 0.0638. The van der Waals surface area contributed by atoms with Gasteiger partial charge in [-0.2, -0.15) is 0 Å². The maximum absolute atomic E-state index is 14.5. The molecule has 2 heterocycles. The normalized spacial score (nSPS) is 28.0. The van der Waals surface area contributed by atoms with Crippen molar-refractivity contribution in [3.8, 4) is 11.5 Å². The van der Waals surface area contributed by atoms with Gasteiger partial charge >= 0.3 is 0 Å². The Hall–Kier alpha value is -3.66. The van der Waals surface area contributed by atoms with Crippen molar-refractivity contribution < 1.29 is 13.9 Å². The Morgan fingerprint density at radius 2 is 1.89 bits per heavy atom. The van der Waals surface area contributed by atoms with Gasteiger partial charge in [-0.1, -0.05) is 20.8 Å². The molecule has 2 bridgehead atoms. The van der Waals surface area contributed by atoms with Gasteiger partial charge in [-0.05, 0) is 80.2 Å². The van der Waals surface area contributed by atoms with Gasteiger partial charge < -0.3 is 25.0 Å². The number of nitrogens with one attached hydrogen (secondary N) is 2. The van der Waals surface area contributed by atoms with E-state index in [0.717, 1.165) is 31.2 Å². The fourth-order valence-corrected chi connectivity index (χ4v) is 7.66. The summed E-state index contributed by atoms with van der Waals surface area (Å²) in [7, 11) is 3.13. The Bertz CT molecular complexity index is 1630. The number of hydrogen-bond acceptors (Lipinski definition) is 6.